The first-order valence-electron chi connectivity index (χ1n) is 5.73. The summed E-state index contributed by atoms with van der Waals surface area (Å²) in [4.78, 5) is 0. The van der Waals surface area contributed by atoms with Crippen LogP contribution in [0.5, 0.6) is 0 Å². The van der Waals surface area contributed by atoms with Gasteiger partial charge in [-0.3, -0.25) is 0 Å². The number of furan rings is 1. The lowest BCUT2D eigenvalue weighted by molar-refractivity contribution is 0.487. The van der Waals surface area contributed by atoms with Crippen molar-refractivity contribution >= 4 is 29.1 Å². The van der Waals surface area contributed by atoms with Crippen LogP contribution < -0.4 is 5.32 Å². The lowest BCUT2D eigenvalue weighted by atomic mass is 10.2. The van der Waals surface area contributed by atoms with Crippen LogP contribution in [-0.2, 0) is 12.3 Å². The fourth-order valence-corrected chi connectivity index (χ4v) is 2.30. The van der Waals surface area contributed by atoms with E-state index < -0.39 is 0 Å². The van der Waals surface area contributed by atoms with E-state index in [1.165, 1.54) is 0 Å². The predicted molar refractivity (Wildman–Crippen MR) is 79.4 cm³/mol. The molecule has 0 aliphatic heterocycles. The molecule has 0 saturated heterocycles. The number of halogens is 1. The van der Waals surface area contributed by atoms with Crippen LogP contribution in [0.1, 0.15) is 17.1 Å². The highest BCUT2D eigenvalue weighted by Gasteiger charge is 2.03. The zero-order valence-corrected chi connectivity index (χ0v) is 12.0. The summed E-state index contributed by atoms with van der Waals surface area (Å²) in [6.45, 7) is 0.594. The molecular formula is C14H13ClN2OS. The number of rotatable bonds is 5. The maximum absolute atomic E-state index is 8.80. The smallest absolute Gasteiger partial charge is 0.123 e. The Bertz CT molecular complexity index is 604. The molecule has 0 bridgehead atoms. The number of anilines is 1. The number of nitriles is 1. The first-order valence-corrected chi connectivity index (χ1v) is 7.50. The minimum absolute atomic E-state index is 0.454. The van der Waals surface area contributed by atoms with E-state index in [1.807, 2.05) is 30.5 Å². The van der Waals surface area contributed by atoms with Gasteiger partial charge < -0.3 is 9.73 Å². The number of nitrogens with zero attached hydrogens (tertiary/aromatic N) is 1. The summed E-state index contributed by atoms with van der Waals surface area (Å²) in [5.74, 6) is 2.73. The molecule has 0 saturated carbocycles. The molecule has 1 aromatic carbocycles. The Labute approximate surface area is 121 Å². The van der Waals surface area contributed by atoms with Crippen molar-refractivity contribution in [2.24, 2.45) is 0 Å². The molecule has 0 aliphatic rings. The standard InChI is InChI=1S/C14H13ClN2OS/c1-19-9-13-5-4-12(18-13)8-17-11-3-2-10(7-16)14(15)6-11/h2-6,17H,8-9H2,1H3. The van der Waals surface area contributed by atoms with Crippen molar-refractivity contribution in [2.75, 3.05) is 11.6 Å². The van der Waals surface area contributed by atoms with Gasteiger partial charge in [-0.25, -0.2) is 0 Å². The average Bonchev–Trinajstić information content (AvgIpc) is 2.85. The summed E-state index contributed by atoms with van der Waals surface area (Å²) in [6, 6.07) is 11.3. The molecular weight excluding hydrogens is 280 g/mol. The minimum atomic E-state index is 0.454. The summed E-state index contributed by atoms with van der Waals surface area (Å²) >= 11 is 7.69. The monoisotopic (exact) mass is 292 g/mol. The molecule has 5 heteroatoms. The molecule has 1 heterocycles. The van der Waals surface area contributed by atoms with Crippen LogP contribution in [0, 0.1) is 11.3 Å². The SMILES string of the molecule is CSCc1ccc(CNc2ccc(C#N)c(Cl)c2)o1. The molecule has 2 rings (SSSR count). The second-order valence-corrected chi connectivity index (χ2v) is 5.23. The number of nitrogens with one attached hydrogen (secondary N) is 1. The largest absolute Gasteiger partial charge is 0.463 e. The Kier molecular flexibility index (Phi) is 4.78. The molecule has 19 heavy (non-hydrogen) atoms. The lowest BCUT2D eigenvalue weighted by Crippen LogP contribution is -1.98. The highest BCUT2D eigenvalue weighted by Crippen LogP contribution is 2.21. The van der Waals surface area contributed by atoms with E-state index in [0.717, 1.165) is 23.0 Å². The Morgan fingerprint density at radius 1 is 1.32 bits per heavy atom. The Morgan fingerprint density at radius 3 is 2.79 bits per heavy atom. The summed E-state index contributed by atoms with van der Waals surface area (Å²) in [5.41, 5.74) is 1.35. The highest BCUT2D eigenvalue weighted by atomic mass is 35.5. The zero-order chi connectivity index (χ0) is 13.7. The lowest BCUT2D eigenvalue weighted by Gasteiger charge is -2.05. The van der Waals surface area contributed by atoms with E-state index >= 15 is 0 Å². The predicted octanol–water partition coefficient (Wildman–Crippen LogP) is 4.28. The molecule has 0 atom stereocenters. The highest BCUT2D eigenvalue weighted by molar-refractivity contribution is 7.97. The third kappa shape index (κ3) is 3.69. The van der Waals surface area contributed by atoms with Crippen LogP contribution >= 0.6 is 23.4 Å². The Balaban J connectivity index is 1.98. The molecule has 98 valence electrons. The topological polar surface area (TPSA) is 49.0 Å². The number of hydrogen-bond acceptors (Lipinski definition) is 4. The molecule has 0 amide bonds. The molecule has 0 spiro atoms. The van der Waals surface area contributed by atoms with E-state index in [2.05, 4.69) is 5.32 Å². The molecule has 3 nitrogen and oxygen atoms in total. The second kappa shape index (κ2) is 6.55. The molecule has 1 aromatic heterocycles. The second-order valence-electron chi connectivity index (χ2n) is 3.96. The van der Waals surface area contributed by atoms with Crippen molar-refractivity contribution in [3.8, 4) is 6.07 Å². The van der Waals surface area contributed by atoms with E-state index in [4.69, 9.17) is 21.3 Å². The quantitative estimate of drug-likeness (QED) is 0.893. The van der Waals surface area contributed by atoms with Crippen molar-refractivity contribution in [3.05, 3.63) is 52.4 Å². The fourth-order valence-electron chi connectivity index (χ4n) is 1.64. The molecule has 0 fully saturated rings. The van der Waals surface area contributed by atoms with Crippen LogP contribution in [0.15, 0.2) is 34.7 Å². The maximum Gasteiger partial charge on any atom is 0.123 e. The number of hydrogen-bond donors (Lipinski definition) is 1. The molecule has 1 N–H and O–H groups in total. The van der Waals surface area contributed by atoms with E-state index in [1.54, 1.807) is 23.9 Å². The van der Waals surface area contributed by atoms with Crippen LogP contribution in [0.3, 0.4) is 0 Å². The van der Waals surface area contributed by atoms with Gasteiger partial charge in [0.05, 0.1) is 22.9 Å². The van der Waals surface area contributed by atoms with Crippen molar-refractivity contribution in [3.63, 3.8) is 0 Å². The summed E-state index contributed by atoms with van der Waals surface area (Å²) in [6.07, 6.45) is 2.04. The van der Waals surface area contributed by atoms with Gasteiger partial charge in [-0.15, -0.1) is 0 Å². The van der Waals surface area contributed by atoms with Crippen molar-refractivity contribution in [2.45, 2.75) is 12.3 Å². The van der Waals surface area contributed by atoms with Crippen LogP contribution in [-0.4, -0.2) is 6.26 Å². The number of thioether (sulfide) groups is 1. The Morgan fingerprint density at radius 2 is 2.11 bits per heavy atom. The molecule has 0 aliphatic carbocycles. The van der Waals surface area contributed by atoms with E-state index in [-0.39, 0.29) is 0 Å². The van der Waals surface area contributed by atoms with Gasteiger partial charge in [-0.2, -0.15) is 17.0 Å². The summed E-state index contributed by atoms with van der Waals surface area (Å²) < 4.78 is 5.65. The molecule has 2 aromatic rings. The fraction of sp³-hybridized carbons (Fsp3) is 0.214. The normalized spacial score (nSPS) is 10.2. The van der Waals surface area contributed by atoms with Gasteiger partial charge in [0.15, 0.2) is 0 Å². The average molecular weight is 293 g/mol. The van der Waals surface area contributed by atoms with Crippen molar-refractivity contribution in [1.29, 1.82) is 5.26 Å². The Hall–Kier alpha value is -1.57. The van der Waals surface area contributed by atoms with Gasteiger partial charge in [0, 0.05) is 5.69 Å². The van der Waals surface area contributed by atoms with E-state index in [0.29, 0.717) is 17.1 Å². The van der Waals surface area contributed by atoms with Crippen LogP contribution in [0.2, 0.25) is 5.02 Å². The van der Waals surface area contributed by atoms with Gasteiger partial charge in [0.25, 0.3) is 0 Å². The van der Waals surface area contributed by atoms with E-state index in [9.17, 15) is 0 Å². The van der Waals surface area contributed by atoms with Crippen LogP contribution in [0.25, 0.3) is 0 Å². The minimum Gasteiger partial charge on any atom is -0.463 e. The van der Waals surface area contributed by atoms with Gasteiger partial charge in [-0.05, 0) is 36.6 Å². The van der Waals surface area contributed by atoms with Gasteiger partial charge >= 0.3 is 0 Å². The van der Waals surface area contributed by atoms with Crippen LogP contribution in [0.4, 0.5) is 5.69 Å². The third-order valence-electron chi connectivity index (χ3n) is 2.56. The van der Waals surface area contributed by atoms with Crippen molar-refractivity contribution in [1.82, 2.24) is 0 Å². The molecule has 0 radical (unpaired) electrons. The first kappa shape index (κ1) is 13.9. The maximum atomic E-state index is 8.80. The first-order chi connectivity index (χ1) is 9.22. The summed E-state index contributed by atoms with van der Waals surface area (Å²) in [7, 11) is 0. The van der Waals surface area contributed by atoms with Gasteiger partial charge in [-0.1, -0.05) is 11.6 Å². The zero-order valence-electron chi connectivity index (χ0n) is 10.4. The van der Waals surface area contributed by atoms with Gasteiger partial charge in [0.2, 0.25) is 0 Å². The summed E-state index contributed by atoms with van der Waals surface area (Å²) in [5, 5.41) is 12.5. The van der Waals surface area contributed by atoms with Crippen molar-refractivity contribution < 1.29 is 4.42 Å². The number of benzene rings is 1. The third-order valence-corrected chi connectivity index (χ3v) is 3.45. The van der Waals surface area contributed by atoms with Gasteiger partial charge in [0.1, 0.15) is 17.6 Å². The molecule has 0 unspecified atom stereocenters.